The lowest BCUT2D eigenvalue weighted by atomic mass is 10.3. The van der Waals surface area contributed by atoms with Crippen molar-refractivity contribution in [2.24, 2.45) is 0 Å². The van der Waals surface area contributed by atoms with Crippen LogP contribution in [0.1, 0.15) is 17.1 Å². The fraction of sp³-hybridized carbons (Fsp3) is 0.125. The van der Waals surface area contributed by atoms with Crippen LogP contribution in [0.5, 0.6) is 17.2 Å². The Balaban J connectivity index is 1.48. The molecule has 0 atom stereocenters. The fourth-order valence-corrected chi connectivity index (χ4v) is 2.72. The van der Waals surface area contributed by atoms with Crippen LogP contribution < -0.4 is 14.2 Å². The van der Waals surface area contributed by atoms with Crippen LogP contribution in [0.25, 0.3) is 0 Å². The Kier molecular flexibility index (Phi) is 6.48. The van der Waals surface area contributed by atoms with Crippen molar-refractivity contribution < 1.29 is 14.2 Å². The van der Waals surface area contributed by atoms with Crippen molar-refractivity contribution in [1.29, 1.82) is 0 Å². The molecule has 0 amide bonds. The standard InChI is InChI=1S/C24H21N3O3/c1-4-10-25-19(7-1)16-28-22-13-23(29-17-20-8-2-5-11-26-20)15-24(14-22)30-18-21-9-3-6-12-27-21/h1-15H,16-18H2. The van der Waals surface area contributed by atoms with Crippen LogP contribution in [0.2, 0.25) is 0 Å². The minimum atomic E-state index is 0.351. The van der Waals surface area contributed by atoms with Gasteiger partial charge in [0.15, 0.2) is 0 Å². The largest absolute Gasteiger partial charge is 0.487 e. The number of hydrogen-bond acceptors (Lipinski definition) is 6. The van der Waals surface area contributed by atoms with Gasteiger partial charge < -0.3 is 14.2 Å². The second kappa shape index (κ2) is 10.0. The van der Waals surface area contributed by atoms with Gasteiger partial charge in [0.1, 0.15) is 37.1 Å². The molecule has 0 saturated heterocycles. The number of benzene rings is 1. The summed E-state index contributed by atoms with van der Waals surface area (Å²) in [5, 5.41) is 0. The van der Waals surface area contributed by atoms with Crippen molar-refractivity contribution in [2.75, 3.05) is 0 Å². The molecular formula is C24H21N3O3. The molecule has 0 bridgehead atoms. The predicted molar refractivity (Wildman–Crippen MR) is 112 cm³/mol. The number of pyridine rings is 3. The zero-order chi connectivity index (χ0) is 20.4. The summed E-state index contributed by atoms with van der Waals surface area (Å²) in [5.74, 6) is 1.90. The molecular weight excluding hydrogens is 378 g/mol. The Labute approximate surface area is 175 Å². The minimum Gasteiger partial charge on any atom is -0.487 e. The van der Waals surface area contributed by atoms with Gasteiger partial charge in [0, 0.05) is 36.8 Å². The summed E-state index contributed by atoms with van der Waals surface area (Å²) in [6.45, 7) is 1.05. The first-order valence-electron chi connectivity index (χ1n) is 9.58. The van der Waals surface area contributed by atoms with E-state index in [4.69, 9.17) is 14.2 Å². The van der Waals surface area contributed by atoms with Gasteiger partial charge in [0.05, 0.1) is 17.1 Å². The highest BCUT2D eigenvalue weighted by molar-refractivity contribution is 5.42. The van der Waals surface area contributed by atoms with Crippen molar-refractivity contribution in [3.63, 3.8) is 0 Å². The summed E-state index contributed by atoms with van der Waals surface area (Å²) < 4.78 is 17.8. The van der Waals surface area contributed by atoms with Crippen LogP contribution in [-0.2, 0) is 19.8 Å². The zero-order valence-electron chi connectivity index (χ0n) is 16.3. The van der Waals surface area contributed by atoms with E-state index in [2.05, 4.69) is 15.0 Å². The van der Waals surface area contributed by atoms with Gasteiger partial charge in [0.2, 0.25) is 0 Å². The maximum Gasteiger partial charge on any atom is 0.130 e. The van der Waals surface area contributed by atoms with Crippen molar-refractivity contribution in [2.45, 2.75) is 19.8 Å². The smallest absolute Gasteiger partial charge is 0.130 e. The fourth-order valence-electron chi connectivity index (χ4n) is 2.72. The Morgan fingerprint density at radius 1 is 0.467 bits per heavy atom. The van der Waals surface area contributed by atoms with E-state index < -0.39 is 0 Å². The van der Waals surface area contributed by atoms with Gasteiger partial charge >= 0.3 is 0 Å². The Bertz CT molecular complexity index is 896. The lowest BCUT2D eigenvalue weighted by Crippen LogP contribution is -2.02. The topological polar surface area (TPSA) is 66.4 Å². The van der Waals surface area contributed by atoms with Gasteiger partial charge in [-0.25, -0.2) is 0 Å². The van der Waals surface area contributed by atoms with E-state index >= 15 is 0 Å². The summed E-state index contributed by atoms with van der Waals surface area (Å²) in [4.78, 5) is 12.9. The van der Waals surface area contributed by atoms with Crippen LogP contribution in [0.15, 0.2) is 91.4 Å². The number of rotatable bonds is 9. The number of nitrogens with zero attached hydrogens (tertiary/aromatic N) is 3. The summed E-state index contributed by atoms with van der Waals surface area (Å²) in [5.41, 5.74) is 2.52. The first kappa shape index (κ1) is 19.4. The van der Waals surface area contributed by atoms with E-state index in [9.17, 15) is 0 Å². The molecule has 0 aliphatic carbocycles. The summed E-state index contributed by atoms with van der Waals surface area (Å²) >= 11 is 0. The monoisotopic (exact) mass is 399 g/mol. The molecule has 0 fully saturated rings. The normalized spacial score (nSPS) is 10.4. The molecule has 0 radical (unpaired) electrons. The van der Waals surface area contributed by atoms with E-state index in [0.717, 1.165) is 17.1 Å². The van der Waals surface area contributed by atoms with Gasteiger partial charge in [0.25, 0.3) is 0 Å². The maximum atomic E-state index is 5.92. The second-order valence-corrected chi connectivity index (χ2v) is 6.47. The van der Waals surface area contributed by atoms with Crippen molar-refractivity contribution in [1.82, 2.24) is 15.0 Å². The lowest BCUT2D eigenvalue weighted by Gasteiger charge is -2.13. The molecule has 4 aromatic rings. The van der Waals surface area contributed by atoms with E-state index in [0.29, 0.717) is 37.1 Å². The summed E-state index contributed by atoms with van der Waals surface area (Å²) in [6, 6.07) is 22.7. The predicted octanol–water partition coefficient (Wildman–Crippen LogP) is 4.61. The quantitative estimate of drug-likeness (QED) is 0.410. The molecule has 30 heavy (non-hydrogen) atoms. The molecule has 0 aliphatic heterocycles. The third-order valence-electron chi connectivity index (χ3n) is 4.19. The van der Waals surface area contributed by atoms with Crippen molar-refractivity contribution >= 4 is 0 Å². The highest BCUT2D eigenvalue weighted by atomic mass is 16.5. The van der Waals surface area contributed by atoms with Crippen LogP contribution in [0, 0.1) is 0 Å². The van der Waals surface area contributed by atoms with Gasteiger partial charge in [-0.3, -0.25) is 15.0 Å². The molecule has 3 heterocycles. The molecule has 0 unspecified atom stereocenters. The van der Waals surface area contributed by atoms with E-state index in [1.165, 1.54) is 0 Å². The third-order valence-corrected chi connectivity index (χ3v) is 4.19. The van der Waals surface area contributed by atoms with Crippen LogP contribution in [-0.4, -0.2) is 15.0 Å². The first-order chi connectivity index (χ1) is 14.8. The second-order valence-electron chi connectivity index (χ2n) is 6.47. The van der Waals surface area contributed by atoms with Gasteiger partial charge in [-0.05, 0) is 36.4 Å². The molecule has 150 valence electrons. The average molecular weight is 399 g/mol. The molecule has 1 aromatic carbocycles. The molecule has 4 rings (SSSR count). The molecule has 0 spiro atoms. The third kappa shape index (κ3) is 5.78. The van der Waals surface area contributed by atoms with Gasteiger partial charge in [-0.1, -0.05) is 18.2 Å². The van der Waals surface area contributed by atoms with Crippen LogP contribution in [0.3, 0.4) is 0 Å². The van der Waals surface area contributed by atoms with E-state index in [1.807, 2.05) is 72.8 Å². The van der Waals surface area contributed by atoms with E-state index in [1.54, 1.807) is 18.6 Å². The van der Waals surface area contributed by atoms with Crippen molar-refractivity contribution in [3.8, 4) is 17.2 Å². The number of hydrogen-bond donors (Lipinski definition) is 0. The van der Waals surface area contributed by atoms with E-state index in [-0.39, 0.29) is 0 Å². The molecule has 6 heteroatoms. The number of ether oxygens (including phenoxy) is 3. The van der Waals surface area contributed by atoms with Gasteiger partial charge in [-0.2, -0.15) is 0 Å². The molecule has 6 nitrogen and oxygen atoms in total. The summed E-state index contributed by atoms with van der Waals surface area (Å²) in [6.07, 6.45) is 5.23. The summed E-state index contributed by atoms with van der Waals surface area (Å²) in [7, 11) is 0. The minimum absolute atomic E-state index is 0.351. The number of aromatic nitrogens is 3. The molecule has 3 aromatic heterocycles. The molecule has 0 aliphatic rings. The average Bonchev–Trinajstić information content (AvgIpc) is 2.82. The Hall–Kier alpha value is -3.93. The maximum absolute atomic E-state index is 5.92. The zero-order valence-corrected chi connectivity index (χ0v) is 16.3. The molecule has 0 N–H and O–H groups in total. The SMILES string of the molecule is c1ccc(COc2cc(OCc3ccccn3)cc(OCc3ccccn3)c2)nc1. The van der Waals surface area contributed by atoms with Crippen LogP contribution in [0.4, 0.5) is 0 Å². The lowest BCUT2D eigenvalue weighted by molar-refractivity contribution is 0.270. The van der Waals surface area contributed by atoms with Gasteiger partial charge in [-0.15, -0.1) is 0 Å². The Morgan fingerprint density at radius 2 is 0.800 bits per heavy atom. The molecule has 0 saturated carbocycles. The van der Waals surface area contributed by atoms with Crippen LogP contribution >= 0.6 is 0 Å². The highest BCUT2D eigenvalue weighted by Gasteiger charge is 2.07. The highest BCUT2D eigenvalue weighted by Crippen LogP contribution is 2.29. The Morgan fingerprint density at radius 3 is 1.07 bits per heavy atom. The first-order valence-corrected chi connectivity index (χ1v) is 9.58. The van der Waals surface area contributed by atoms with Crippen molar-refractivity contribution in [3.05, 3.63) is 108 Å².